The molecule has 1 aliphatic rings. The molecule has 2 aromatic heterocycles. The molecule has 0 saturated carbocycles. The first-order valence-corrected chi connectivity index (χ1v) is 16.7. The highest BCUT2D eigenvalue weighted by Crippen LogP contribution is 2.25. The number of nitrogens with zero attached hydrogens (tertiary/aromatic N) is 5. The van der Waals surface area contributed by atoms with Gasteiger partial charge in [-0.2, -0.15) is 0 Å². The van der Waals surface area contributed by atoms with E-state index in [1.54, 1.807) is 18.6 Å². The van der Waals surface area contributed by atoms with Crippen LogP contribution < -0.4 is 10.6 Å². The lowest BCUT2D eigenvalue weighted by Crippen LogP contribution is -2.58. The molecule has 50 heavy (non-hydrogen) atoms. The van der Waals surface area contributed by atoms with E-state index in [1.807, 2.05) is 105 Å². The summed E-state index contributed by atoms with van der Waals surface area (Å²) in [6.07, 6.45) is 4.17. The lowest BCUT2D eigenvalue weighted by Gasteiger charge is -2.41. The van der Waals surface area contributed by atoms with Gasteiger partial charge in [-0.25, -0.2) is 14.8 Å². The van der Waals surface area contributed by atoms with E-state index in [-0.39, 0.29) is 18.7 Å². The number of quaternary nitrogens is 1. The molecule has 0 unspecified atom stereocenters. The summed E-state index contributed by atoms with van der Waals surface area (Å²) < 4.78 is 11.6. The van der Waals surface area contributed by atoms with Crippen LogP contribution in [-0.2, 0) is 16.0 Å². The molecule has 3 heterocycles. The molecule has 6 rings (SSSR count). The quantitative estimate of drug-likeness (QED) is 0.113. The van der Waals surface area contributed by atoms with Crippen LogP contribution in [0.1, 0.15) is 40.1 Å². The Morgan fingerprint density at radius 1 is 0.940 bits per heavy atom. The highest BCUT2D eigenvalue weighted by molar-refractivity contribution is 6.04. The SMILES string of the molecule is Cc1ccc(NC(=O)c2ccc(CN3CC[N+](C)(COC(=O)O[C@H](C)c4ccccc4)CC3)cc2)cc1Nc1nccc(-c2cccnc2)n1. The van der Waals surface area contributed by atoms with Crippen molar-refractivity contribution < 1.29 is 23.5 Å². The molecule has 1 fully saturated rings. The van der Waals surface area contributed by atoms with Gasteiger partial charge in [-0.15, -0.1) is 0 Å². The standard InChI is InChI=1S/C39H41N7O4/c1-28-11-16-34(24-36(28)44-38-41-19-17-35(43-38)33-10-7-18-40-25-33)42-37(47)32-14-12-30(13-15-32)26-45-20-22-46(3,23-21-45)27-49-39(48)50-29(2)31-8-5-4-6-9-31/h4-19,24-25,29H,20-23,26-27H2,1-3H3,(H-,41,42,43,44,47)/p+1/t29-/m1/s1. The van der Waals surface area contributed by atoms with Gasteiger partial charge in [-0.3, -0.25) is 19.2 Å². The summed E-state index contributed by atoms with van der Waals surface area (Å²) in [5, 5.41) is 6.30. The van der Waals surface area contributed by atoms with Crippen LogP contribution in [0.3, 0.4) is 0 Å². The predicted molar refractivity (Wildman–Crippen MR) is 193 cm³/mol. The molecule has 3 aromatic carbocycles. The fraction of sp³-hybridized carbons (Fsp3) is 0.256. The third-order valence-electron chi connectivity index (χ3n) is 8.93. The summed E-state index contributed by atoms with van der Waals surface area (Å²) in [4.78, 5) is 41.1. The summed E-state index contributed by atoms with van der Waals surface area (Å²) in [6, 6.07) is 28.7. The smallest absolute Gasteiger partial charge is 0.426 e. The van der Waals surface area contributed by atoms with Crippen molar-refractivity contribution in [2.45, 2.75) is 26.5 Å². The van der Waals surface area contributed by atoms with Crippen molar-refractivity contribution in [3.8, 4) is 11.3 Å². The number of likely N-dealkylation sites (N-methyl/N-ethyl adjacent to an activating group) is 1. The summed E-state index contributed by atoms with van der Waals surface area (Å²) in [5.74, 6) is 0.261. The van der Waals surface area contributed by atoms with E-state index < -0.39 is 6.16 Å². The third kappa shape index (κ3) is 9.07. The first kappa shape index (κ1) is 34.2. The first-order chi connectivity index (χ1) is 24.2. The Morgan fingerprint density at radius 3 is 2.46 bits per heavy atom. The van der Waals surface area contributed by atoms with E-state index in [1.165, 1.54) is 0 Å². The molecule has 256 valence electrons. The van der Waals surface area contributed by atoms with Crippen LogP contribution in [0.4, 0.5) is 22.1 Å². The number of aromatic nitrogens is 3. The highest BCUT2D eigenvalue weighted by atomic mass is 16.7. The molecule has 11 heteroatoms. The summed E-state index contributed by atoms with van der Waals surface area (Å²) >= 11 is 0. The molecule has 2 N–H and O–H groups in total. The van der Waals surface area contributed by atoms with Gasteiger partial charge >= 0.3 is 6.16 Å². The van der Waals surface area contributed by atoms with Crippen LogP contribution in [-0.4, -0.2) is 76.4 Å². The van der Waals surface area contributed by atoms with Gasteiger partial charge in [-0.1, -0.05) is 48.5 Å². The molecule has 1 atom stereocenters. The Hall–Kier alpha value is -5.65. The van der Waals surface area contributed by atoms with Crippen molar-refractivity contribution in [1.29, 1.82) is 0 Å². The second-order valence-electron chi connectivity index (χ2n) is 12.9. The zero-order valence-electron chi connectivity index (χ0n) is 28.6. The van der Waals surface area contributed by atoms with Gasteiger partial charge in [0.15, 0.2) is 0 Å². The van der Waals surface area contributed by atoms with E-state index in [9.17, 15) is 9.59 Å². The Balaban J connectivity index is 0.971. The molecule has 5 aromatic rings. The fourth-order valence-electron chi connectivity index (χ4n) is 5.73. The van der Waals surface area contributed by atoms with Crippen LogP contribution >= 0.6 is 0 Å². The van der Waals surface area contributed by atoms with Crippen LogP contribution in [0, 0.1) is 6.92 Å². The van der Waals surface area contributed by atoms with E-state index in [0.29, 0.717) is 21.7 Å². The van der Waals surface area contributed by atoms with Crippen molar-refractivity contribution in [2.24, 2.45) is 0 Å². The van der Waals surface area contributed by atoms with Crippen molar-refractivity contribution in [1.82, 2.24) is 19.9 Å². The number of rotatable bonds is 11. The molecular formula is C39H42N7O4+. The largest absolute Gasteiger partial charge is 0.513 e. The lowest BCUT2D eigenvalue weighted by atomic mass is 10.1. The van der Waals surface area contributed by atoms with Crippen LogP contribution in [0.25, 0.3) is 11.3 Å². The average Bonchev–Trinajstić information content (AvgIpc) is 3.14. The minimum absolute atomic E-state index is 0.191. The predicted octanol–water partition coefficient (Wildman–Crippen LogP) is 6.98. The molecule has 0 spiro atoms. The lowest BCUT2D eigenvalue weighted by molar-refractivity contribution is -0.929. The number of hydrogen-bond acceptors (Lipinski definition) is 9. The number of hydrogen-bond donors (Lipinski definition) is 2. The molecule has 1 amide bonds. The summed E-state index contributed by atoms with van der Waals surface area (Å²) in [7, 11) is 2.10. The van der Waals surface area contributed by atoms with E-state index in [2.05, 4.69) is 37.5 Å². The fourth-order valence-corrected chi connectivity index (χ4v) is 5.73. The number of anilines is 3. The second-order valence-corrected chi connectivity index (χ2v) is 12.9. The van der Waals surface area contributed by atoms with Gasteiger partial charge in [-0.05, 0) is 73.0 Å². The molecule has 1 saturated heterocycles. The van der Waals surface area contributed by atoms with Crippen molar-refractivity contribution in [2.75, 3.05) is 50.6 Å². The van der Waals surface area contributed by atoms with Crippen LogP contribution in [0.15, 0.2) is 110 Å². The first-order valence-electron chi connectivity index (χ1n) is 16.7. The van der Waals surface area contributed by atoms with Gasteiger partial charge < -0.3 is 20.1 Å². The maximum Gasteiger partial charge on any atom is 0.513 e. The second kappa shape index (κ2) is 15.7. The van der Waals surface area contributed by atoms with Gasteiger partial charge in [0.2, 0.25) is 12.7 Å². The molecule has 0 aliphatic carbocycles. The number of ether oxygens (including phenoxy) is 2. The van der Waals surface area contributed by atoms with Crippen molar-refractivity contribution in [3.05, 3.63) is 132 Å². The zero-order valence-corrected chi connectivity index (χ0v) is 28.6. The minimum Gasteiger partial charge on any atom is -0.426 e. The number of nitrogens with one attached hydrogen (secondary N) is 2. The zero-order chi connectivity index (χ0) is 34.9. The molecule has 11 nitrogen and oxygen atoms in total. The number of aryl methyl sites for hydroxylation is 1. The Bertz CT molecular complexity index is 1900. The average molecular weight is 673 g/mol. The maximum absolute atomic E-state index is 13.2. The van der Waals surface area contributed by atoms with Crippen LogP contribution in [0.5, 0.6) is 0 Å². The topological polar surface area (TPSA) is 119 Å². The number of benzene rings is 3. The van der Waals surface area contributed by atoms with Gasteiger partial charge in [0.1, 0.15) is 6.10 Å². The Labute approximate surface area is 292 Å². The normalized spacial score (nSPS) is 14.7. The molecule has 0 bridgehead atoms. The number of carbonyl (C=O) groups is 2. The van der Waals surface area contributed by atoms with Gasteiger partial charge in [0.05, 0.1) is 25.8 Å². The molecule has 0 radical (unpaired) electrons. The third-order valence-corrected chi connectivity index (χ3v) is 8.93. The monoisotopic (exact) mass is 672 g/mol. The van der Waals surface area contributed by atoms with Crippen molar-refractivity contribution >= 4 is 29.4 Å². The van der Waals surface area contributed by atoms with Crippen LogP contribution in [0.2, 0.25) is 0 Å². The molecular weight excluding hydrogens is 630 g/mol. The Morgan fingerprint density at radius 2 is 1.72 bits per heavy atom. The number of piperazine rings is 1. The van der Waals surface area contributed by atoms with E-state index in [0.717, 1.165) is 66.4 Å². The number of amides is 1. The van der Waals surface area contributed by atoms with Crippen molar-refractivity contribution in [3.63, 3.8) is 0 Å². The van der Waals surface area contributed by atoms with Gasteiger partial charge in [0, 0.05) is 60.7 Å². The van der Waals surface area contributed by atoms with Gasteiger partial charge in [0.25, 0.3) is 5.91 Å². The summed E-state index contributed by atoms with van der Waals surface area (Å²) in [5.41, 5.74) is 6.73. The Kier molecular flexibility index (Phi) is 10.8. The maximum atomic E-state index is 13.2. The van der Waals surface area contributed by atoms with E-state index in [4.69, 9.17) is 9.47 Å². The number of carbonyl (C=O) groups excluding carboxylic acids is 2. The number of pyridine rings is 1. The minimum atomic E-state index is -0.649. The highest BCUT2D eigenvalue weighted by Gasteiger charge is 2.30. The van der Waals surface area contributed by atoms with E-state index >= 15 is 0 Å². The summed E-state index contributed by atoms with van der Waals surface area (Å²) in [6.45, 7) is 8.28. The molecule has 1 aliphatic heterocycles.